The zero-order chi connectivity index (χ0) is 15.9. The van der Waals surface area contributed by atoms with E-state index in [1.807, 2.05) is 24.3 Å². The van der Waals surface area contributed by atoms with Gasteiger partial charge < -0.3 is 9.47 Å². The highest BCUT2D eigenvalue weighted by Gasteiger charge is 1.98. The van der Waals surface area contributed by atoms with Crippen LogP contribution in [0.3, 0.4) is 0 Å². The van der Waals surface area contributed by atoms with Gasteiger partial charge in [-0.15, -0.1) is 0 Å². The minimum absolute atomic E-state index is 0.768. The van der Waals surface area contributed by atoms with Crippen LogP contribution in [-0.4, -0.2) is 13.2 Å². The van der Waals surface area contributed by atoms with Crippen molar-refractivity contribution in [2.24, 2.45) is 0 Å². The predicted octanol–water partition coefficient (Wildman–Crippen LogP) is 5.94. The Kier molecular flexibility index (Phi) is 10.8. The van der Waals surface area contributed by atoms with Gasteiger partial charge in [-0.05, 0) is 64.5 Å². The molecule has 0 radical (unpaired) electrons. The number of rotatable bonds is 12. The van der Waals surface area contributed by atoms with Crippen LogP contribution in [0.4, 0.5) is 0 Å². The summed E-state index contributed by atoms with van der Waals surface area (Å²) in [4.78, 5) is 0. The Morgan fingerprint density at radius 3 is 1.73 bits per heavy atom. The first-order valence-corrected chi connectivity index (χ1v) is 8.44. The summed E-state index contributed by atoms with van der Waals surface area (Å²) in [6.07, 6.45) is 15.4. The van der Waals surface area contributed by atoms with Crippen molar-refractivity contribution in [3.05, 3.63) is 48.6 Å². The average Bonchev–Trinajstić information content (AvgIpc) is 2.54. The van der Waals surface area contributed by atoms with Gasteiger partial charge in [0.05, 0.1) is 13.2 Å². The summed E-state index contributed by atoms with van der Waals surface area (Å²) in [5.74, 6) is 1.80. The second kappa shape index (κ2) is 13.0. The molecule has 0 saturated carbocycles. The third kappa shape index (κ3) is 9.28. The minimum atomic E-state index is 0.768. The molecule has 1 aromatic carbocycles. The van der Waals surface area contributed by atoms with Gasteiger partial charge in [-0.2, -0.15) is 0 Å². The normalized spacial score (nSPS) is 11.4. The Morgan fingerprint density at radius 1 is 0.773 bits per heavy atom. The van der Waals surface area contributed by atoms with Gasteiger partial charge in [-0.3, -0.25) is 0 Å². The highest BCUT2D eigenvalue weighted by atomic mass is 16.5. The molecular weight excluding hydrogens is 272 g/mol. The SMILES string of the molecule is C/C=C/CCCCOc1cccc(OCCCC/C=C/C)c1. The van der Waals surface area contributed by atoms with E-state index in [4.69, 9.17) is 9.47 Å². The largest absolute Gasteiger partial charge is 0.493 e. The molecule has 0 bridgehead atoms. The number of hydrogen-bond acceptors (Lipinski definition) is 2. The van der Waals surface area contributed by atoms with Gasteiger partial charge in [0, 0.05) is 6.07 Å². The average molecular weight is 302 g/mol. The Hall–Kier alpha value is -1.70. The minimum Gasteiger partial charge on any atom is -0.493 e. The molecule has 0 spiro atoms. The molecule has 0 aliphatic heterocycles. The molecule has 1 aromatic rings. The van der Waals surface area contributed by atoms with E-state index in [1.165, 1.54) is 12.8 Å². The van der Waals surface area contributed by atoms with Crippen LogP contribution in [0.1, 0.15) is 52.4 Å². The number of ether oxygens (including phenoxy) is 2. The Labute approximate surface area is 135 Å². The molecule has 0 atom stereocenters. The monoisotopic (exact) mass is 302 g/mol. The lowest BCUT2D eigenvalue weighted by molar-refractivity contribution is 0.292. The lowest BCUT2D eigenvalue weighted by Gasteiger charge is -2.09. The summed E-state index contributed by atoms with van der Waals surface area (Å²) in [7, 11) is 0. The second-order valence-corrected chi connectivity index (χ2v) is 5.30. The highest BCUT2D eigenvalue weighted by molar-refractivity contribution is 5.32. The molecule has 0 aliphatic carbocycles. The van der Waals surface area contributed by atoms with Gasteiger partial charge in [-0.25, -0.2) is 0 Å². The lowest BCUT2D eigenvalue weighted by atomic mass is 10.2. The molecular formula is C20H30O2. The van der Waals surface area contributed by atoms with Crippen molar-refractivity contribution < 1.29 is 9.47 Å². The zero-order valence-electron chi connectivity index (χ0n) is 14.1. The van der Waals surface area contributed by atoms with E-state index in [9.17, 15) is 0 Å². The van der Waals surface area contributed by atoms with Crippen LogP contribution in [0, 0.1) is 0 Å². The first kappa shape index (κ1) is 18.3. The van der Waals surface area contributed by atoms with Crippen molar-refractivity contribution in [2.45, 2.75) is 52.4 Å². The van der Waals surface area contributed by atoms with Crippen LogP contribution in [0.2, 0.25) is 0 Å². The summed E-state index contributed by atoms with van der Waals surface area (Å²) in [5.41, 5.74) is 0. The molecule has 0 unspecified atom stereocenters. The summed E-state index contributed by atoms with van der Waals surface area (Å²) in [5, 5.41) is 0. The van der Waals surface area contributed by atoms with E-state index < -0.39 is 0 Å². The summed E-state index contributed by atoms with van der Waals surface area (Å²) in [6.45, 7) is 5.65. The number of unbranched alkanes of at least 4 members (excludes halogenated alkanes) is 4. The van der Waals surface area contributed by atoms with E-state index in [1.54, 1.807) is 0 Å². The van der Waals surface area contributed by atoms with Gasteiger partial charge in [0.15, 0.2) is 0 Å². The zero-order valence-corrected chi connectivity index (χ0v) is 14.1. The van der Waals surface area contributed by atoms with E-state index in [0.717, 1.165) is 50.4 Å². The Bertz CT molecular complexity index is 398. The van der Waals surface area contributed by atoms with Crippen molar-refractivity contribution in [1.82, 2.24) is 0 Å². The molecule has 1 rings (SSSR count). The number of hydrogen-bond donors (Lipinski definition) is 0. The molecule has 122 valence electrons. The topological polar surface area (TPSA) is 18.5 Å². The molecule has 22 heavy (non-hydrogen) atoms. The van der Waals surface area contributed by atoms with Gasteiger partial charge in [0.25, 0.3) is 0 Å². The fourth-order valence-electron chi connectivity index (χ4n) is 2.10. The maximum absolute atomic E-state index is 5.77. The first-order valence-electron chi connectivity index (χ1n) is 8.44. The van der Waals surface area contributed by atoms with Crippen LogP contribution in [0.15, 0.2) is 48.6 Å². The maximum atomic E-state index is 5.77. The standard InChI is InChI=1S/C20H30O2/c1-3-5-7-9-11-16-21-19-14-13-15-20(18-19)22-17-12-10-8-6-4-2/h3-6,13-15,18H,7-12,16-17H2,1-2H3/b5-3+,6-4+. The quantitative estimate of drug-likeness (QED) is 0.351. The van der Waals surface area contributed by atoms with Crippen LogP contribution < -0.4 is 9.47 Å². The molecule has 0 aliphatic rings. The van der Waals surface area contributed by atoms with Crippen LogP contribution in [0.25, 0.3) is 0 Å². The molecule has 2 heteroatoms. The molecule has 0 fully saturated rings. The van der Waals surface area contributed by atoms with Gasteiger partial charge in [0.2, 0.25) is 0 Å². The van der Waals surface area contributed by atoms with Crippen LogP contribution in [0.5, 0.6) is 11.5 Å². The molecule has 0 saturated heterocycles. The number of allylic oxidation sites excluding steroid dienone is 4. The molecule has 2 nitrogen and oxygen atoms in total. The summed E-state index contributed by atoms with van der Waals surface area (Å²) in [6, 6.07) is 7.96. The first-order chi connectivity index (χ1) is 10.9. The Balaban J connectivity index is 2.18. The Morgan fingerprint density at radius 2 is 1.27 bits per heavy atom. The molecule has 0 aromatic heterocycles. The van der Waals surface area contributed by atoms with Crippen molar-refractivity contribution in [3.8, 4) is 11.5 Å². The fraction of sp³-hybridized carbons (Fsp3) is 0.500. The summed E-state index contributed by atoms with van der Waals surface area (Å²) < 4.78 is 11.5. The van der Waals surface area contributed by atoms with E-state index >= 15 is 0 Å². The van der Waals surface area contributed by atoms with Crippen molar-refractivity contribution in [2.75, 3.05) is 13.2 Å². The van der Waals surface area contributed by atoms with Gasteiger partial charge in [0.1, 0.15) is 11.5 Å². The molecule has 0 N–H and O–H groups in total. The van der Waals surface area contributed by atoms with E-state index in [2.05, 4.69) is 38.2 Å². The predicted molar refractivity (Wildman–Crippen MR) is 94.8 cm³/mol. The maximum Gasteiger partial charge on any atom is 0.122 e. The summed E-state index contributed by atoms with van der Waals surface area (Å²) >= 11 is 0. The van der Waals surface area contributed by atoms with Crippen LogP contribution >= 0.6 is 0 Å². The second-order valence-electron chi connectivity index (χ2n) is 5.30. The van der Waals surface area contributed by atoms with Crippen molar-refractivity contribution >= 4 is 0 Å². The third-order valence-electron chi connectivity index (χ3n) is 3.34. The van der Waals surface area contributed by atoms with Gasteiger partial charge >= 0.3 is 0 Å². The van der Waals surface area contributed by atoms with Crippen molar-refractivity contribution in [3.63, 3.8) is 0 Å². The van der Waals surface area contributed by atoms with Crippen molar-refractivity contribution in [1.29, 1.82) is 0 Å². The number of benzene rings is 1. The smallest absolute Gasteiger partial charge is 0.122 e. The fourth-order valence-corrected chi connectivity index (χ4v) is 2.10. The third-order valence-corrected chi connectivity index (χ3v) is 3.34. The van der Waals surface area contributed by atoms with Crippen LogP contribution in [-0.2, 0) is 0 Å². The van der Waals surface area contributed by atoms with E-state index in [-0.39, 0.29) is 0 Å². The molecule has 0 amide bonds. The highest BCUT2D eigenvalue weighted by Crippen LogP contribution is 2.20. The van der Waals surface area contributed by atoms with Gasteiger partial charge in [-0.1, -0.05) is 30.4 Å². The van der Waals surface area contributed by atoms with E-state index in [0.29, 0.717) is 0 Å². The lowest BCUT2D eigenvalue weighted by Crippen LogP contribution is -1.99. The molecule has 0 heterocycles.